The summed E-state index contributed by atoms with van der Waals surface area (Å²) < 4.78 is 0. The number of nitrogens with one attached hydrogen (secondary N) is 10. The van der Waals surface area contributed by atoms with Gasteiger partial charge >= 0.3 is 0 Å². The lowest BCUT2D eigenvalue weighted by atomic mass is 9.87. The fourth-order valence-corrected chi connectivity index (χ4v) is 15.6. The molecule has 12 atom stereocenters. The molecule has 8 amide bonds. The Morgan fingerprint density at radius 2 is 0.776 bits per heavy atom. The van der Waals surface area contributed by atoms with Gasteiger partial charge in [-0.15, -0.1) is 0 Å². The van der Waals surface area contributed by atoms with Crippen LogP contribution in [0, 0.1) is 53.3 Å². The van der Waals surface area contributed by atoms with Gasteiger partial charge in [-0.3, -0.25) is 77.3 Å². The third kappa shape index (κ3) is 49.8. The number of unbranched alkanes of at least 4 members (excludes halogenated alkanes) is 12. The number of benzene rings is 1. The van der Waals surface area contributed by atoms with Gasteiger partial charge in [-0.25, -0.2) is 15.0 Å². The number of imidazole rings is 3. The minimum atomic E-state index is -1.39. The number of hydrogen-bond donors (Lipinski definition) is 19. The molecule has 0 fully saturated rings. The van der Waals surface area contributed by atoms with Crippen LogP contribution in [-0.2, 0) is 92.8 Å². The maximum Gasteiger partial charge on any atom is 0.242 e. The van der Waals surface area contributed by atoms with E-state index >= 15 is 0 Å². The fourth-order valence-electron chi connectivity index (χ4n) is 15.6. The first kappa shape index (κ1) is 116. The predicted molar refractivity (Wildman–Crippen MR) is 514 cm³/mol. The number of aromatic hydroxyl groups is 1. The Labute approximate surface area is 789 Å². The van der Waals surface area contributed by atoms with Crippen molar-refractivity contribution >= 4 is 99.8 Å². The number of Topliss-reactive ketones (excluding diaryl/α,β-unsaturated/α-hetero) is 6. The van der Waals surface area contributed by atoms with Gasteiger partial charge in [-0.05, 0) is 120 Å². The van der Waals surface area contributed by atoms with Gasteiger partial charge in [0.1, 0.15) is 17.6 Å². The van der Waals surface area contributed by atoms with E-state index < -0.39 is 144 Å². The van der Waals surface area contributed by atoms with E-state index in [-0.39, 0.29) is 193 Å². The Morgan fingerprint density at radius 3 is 1.20 bits per heavy atom. The summed E-state index contributed by atoms with van der Waals surface area (Å²) in [7, 11) is 0. The number of ketones is 6. The highest BCUT2D eigenvalue weighted by Crippen LogP contribution is 2.26. The van der Waals surface area contributed by atoms with Gasteiger partial charge in [0.15, 0.2) is 46.8 Å². The van der Waals surface area contributed by atoms with E-state index in [2.05, 4.69) is 89.0 Å². The minimum absolute atomic E-state index is 0.00833. The molecule has 39 nitrogen and oxygen atoms in total. The van der Waals surface area contributed by atoms with Crippen molar-refractivity contribution in [1.29, 1.82) is 0 Å². The van der Waals surface area contributed by atoms with Crippen molar-refractivity contribution in [2.45, 2.75) is 324 Å². The summed E-state index contributed by atoms with van der Waals surface area (Å²) >= 11 is 0. The van der Waals surface area contributed by atoms with Gasteiger partial charge in [0.05, 0.1) is 67.6 Å². The largest absolute Gasteiger partial charge is 0.508 e. The Hall–Kier alpha value is -11.8. The van der Waals surface area contributed by atoms with Gasteiger partial charge in [-0.2, -0.15) is 0 Å². The zero-order chi connectivity index (χ0) is 99.8. The van der Waals surface area contributed by atoms with Gasteiger partial charge < -0.3 is 107 Å². The van der Waals surface area contributed by atoms with Crippen LogP contribution < -0.4 is 77.4 Å². The second-order valence-corrected chi connectivity index (χ2v) is 36.8. The fraction of sp³-hybridized carbons (Fsp3) is 0.663. The normalized spacial score (nSPS) is 14.0. The molecule has 748 valence electrons. The molecule has 0 unspecified atom stereocenters. The van der Waals surface area contributed by atoms with Crippen molar-refractivity contribution in [2.24, 2.45) is 108 Å². The molecule has 4 rings (SSSR count). The van der Waals surface area contributed by atoms with Crippen molar-refractivity contribution < 1.29 is 77.3 Å². The monoisotopic (exact) mass is 1880 g/mol. The van der Waals surface area contributed by atoms with E-state index in [1.54, 1.807) is 31.5 Å². The summed E-state index contributed by atoms with van der Waals surface area (Å²) in [6, 6.07) is -0.612. The maximum absolute atomic E-state index is 14.7. The lowest BCUT2D eigenvalue weighted by Gasteiger charge is -2.27. The van der Waals surface area contributed by atoms with Gasteiger partial charge in [0, 0.05) is 149 Å². The summed E-state index contributed by atoms with van der Waals surface area (Å²) in [5.74, 6) is -13.6. The second-order valence-electron chi connectivity index (χ2n) is 36.8. The van der Waals surface area contributed by atoms with Gasteiger partial charge in [0.2, 0.25) is 47.3 Å². The summed E-state index contributed by atoms with van der Waals surface area (Å²) in [6.07, 6.45) is 25.3. The number of H-pyrrole nitrogens is 3. The van der Waals surface area contributed by atoms with Crippen LogP contribution in [-0.4, -0.2) is 208 Å². The number of aromatic amines is 3. The number of carbonyl (C=O) groups is 14. The van der Waals surface area contributed by atoms with Crippen molar-refractivity contribution in [2.75, 3.05) is 26.2 Å². The Balaban J connectivity index is 0.000000753. The number of aliphatic hydroxyl groups is 1. The second kappa shape index (κ2) is 64.9. The average Bonchev–Trinajstić information content (AvgIpc) is 0.999. The smallest absolute Gasteiger partial charge is 0.242 e. The molecular weight excluding hydrogens is 1720 g/mol. The molecule has 0 saturated heterocycles. The number of phenolic OH excluding ortho intramolecular Hbond substituents is 1. The number of carbonyl (C=O) groups excluding carboxylic acids is 14. The van der Waals surface area contributed by atoms with Crippen LogP contribution in [0.4, 0.5) is 0 Å². The number of rotatable bonds is 71. The van der Waals surface area contributed by atoms with E-state index in [4.69, 9.17) is 40.1 Å². The number of guanidine groups is 3. The maximum atomic E-state index is 14.7. The number of aliphatic imine (C=N–C) groups is 3. The third-order valence-electron chi connectivity index (χ3n) is 22.9. The summed E-state index contributed by atoms with van der Waals surface area (Å²) in [6.45, 7) is 19.4. The highest BCUT2D eigenvalue weighted by Gasteiger charge is 2.38. The van der Waals surface area contributed by atoms with E-state index in [1.165, 1.54) is 108 Å². The third-order valence-corrected chi connectivity index (χ3v) is 22.9. The molecule has 3 aromatic heterocycles. The average molecular weight is 1880 g/mol. The van der Waals surface area contributed by atoms with Crippen LogP contribution in [0.15, 0.2) is 76.8 Å². The highest BCUT2D eigenvalue weighted by atomic mass is 16.3. The first-order valence-electron chi connectivity index (χ1n) is 47.6. The molecular formula is C95H157N23O16. The first-order chi connectivity index (χ1) is 63.6. The first-order valence-corrected chi connectivity index (χ1v) is 47.6. The minimum Gasteiger partial charge on any atom is -0.508 e. The molecule has 0 saturated carbocycles. The molecule has 0 aliphatic rings. The molecule has 134 heavy (non-hydrogen) atoms. The number of nitrogens with two attached hydrogens (primary N) is 7. The van der Waals surface area contributed by atoms with Crippen molar-refractivity contribution in [3.05, 3.63) is 84.5 Å². The van der Waals surface area contributed by atoms with Crippen LogP contribution in [0.2, 0.25) is 0 Å². The van der Waals surface area contributed by atoms with Crippen LogP contribution in [0.25, 0.3) is 0 Å². The number of primary amides is 1. The Morgan fingerprint density at radius 1 is 0.388 bits per heavy atom. The standard InChI is InChI=1S/C54H88N16O11.C41H69N7O5/c1-30(2)19-35(49(79)70-43(28-71)47(55)77)25-46(76)42(20-31(3)4)69-48(78)34(9-6-16-63-52(56)57)24-44(74)40(10-7-17-64-53(58)59)68-51(81)37(23-38-27-62-29-66-38)26-45(75)41(11-8-18-65-54(60)61)67-50(80)36(21-32(5)72)22-33-12-14-39(73)15-13-33;1-7-8-9-10-11-12-13-14-15-16-17-18-19-20-38(51)47-35(24-34-26-43-28-45-34)36(49)21-31(6)40(52)48-39(29(2)3)37(50)23-32(41(53)46-30(4)5)22-33-25-42-27-44-33/h12-15,27,29-31,34-37,40-43,71,73H,6-11,16-26,28H2,1-5H3,(H2,55,77)(H,62,66)(H,67,80)(H,68,81)(H,69,78)(H,70,79)(H4,56,57,63)(H4,58,59,64)(H4,60,61,65);25-32,35,39H,7-24H2,1-6H3,(H,42,44)(H,43,45)(H,46,53)(H,47,51)(H,48,52)/t34-,35-,36+,37-,40+,41+,42+,43+;31-,32-,35+,39-/m11/s1. The van der Waals surface area contributed by atoms with E-state index in [1.807, 2.05) is 55.4 Å². The molecule has 1 aromatic carbocycles. The van der Waals surface area contributed by atoms with E-state index in [0.29, 0.717) is 29.8 Å². The lowest BCUT2D eigenvalue weighted by Crippen LogP contribution is -2.50. The predicted octanol–water partition coefficient (Wildman–Crippen LogP) is 5.61. The van der Waals surface area contributed by atoms with Crippen molar-refractivity contribution in [1.82, 2.24) is 67.1 Å². The summed E-state index contributed by atoms with van der Waals surface area (Å²) in [5.41, 5.74) is 41.3. The number of amides is 8. The number of hydrogen-bond acceptors (Lipinski definition) is 22. The summed E-state index contributed by atoms with van der Waals surface area (Å²) in [5, 5.41) is 39.0. The number of aliphatic hydroxyl groups excluding tert-OH is 1. The quantitative estimate of drug-likeness (QED) is 0.0145. The molecule has 0 bridgehead atoms. The number of nitrogens with zero attached hydrogens (tertiary/aromatic N) is 6. The van der Waals surface area contributed by atoms with E-state index in [0.717, 1.165) is 25.0 Å². The molecule has 26 N–H and O–H groups in total. The Bertz CT molecular complexity index is 4290. The summed E-state index contributed by atoms with van der Waals surface area (Å²) in [4.78, 5) is 224. The highest BCUT2D eigenvalue weighted by molar-refractivity contribution is 5.99. The molecule has 39 heteroatoms. The van der Waals surface area contributed by atoms with Crippen molar-refractivity contribution in [3.8, 4) is 5.75 Å². The number of aromatic nitrogens is 6. The van der Waals surface area contributed by atoms with Crippen LogP contribution in [0.3, 0.4) is 0 Å². The molecule has 0 radical (unpaired) electrons. The lowest BCUT2D eigenvalue weighted by molar-refractivity contribution is -0.136. The van der Waals surface area contributed by atoms with Crippen LogP contribution in [0.5, 0.6) is 5.75 Å². The molecule has 0 aliphatic carbocycles. The zero-order valence-corrected chi connectivity index (χ0v) is 80.8. The van der Waals surface area contributed by atoms with Crippen LogP contribution in [0.1, 0.15) is 279 Å². The van der Waals surface area contributed by atoms with Crippen LogP contribution >= 0.6 is 0 Å². The Kier molecular flexibility index (Phi) is 56.4. The molecule has 0 spiro atoms. The SMILES string of the molecule is CC(=O)C[C@@H](Cc1ccc(O)cc1)C(=O)N[C@@H](CCCN=C(N)N)C(=O)C[C@@H](Cc1cnc[nH]1)C(=O)N[C@@H](CCCN=C(N)N)C(=O)C[C@@H](CCCN=C(N)N)C(=O)N[C@@H](CC(C)C)C(=O)C[C@@H](CC(C)C)C(=O)N[C@@H](CO)C(N)=O.CCCCCCCCCCCCCCCC(=O)N[C@@H](Cc1cnc[nH]1)C(=O)C[C@@H](C)C(=O)N[C@@H](C(=O)C[C@@H](Cc1cnc[nH]1)C(=O)NC(C)C)C(C)C. The van der Waals surface area contributed by atoms with Crippen molar-refractivity contribution in [3.63, 3.8) is 0 Å². The van der Waals surface area contributed by atoms with Gasteiger partial charge in [-0.1, -0.05) is 145 Å². The zero-order valence-electron chi connectivity index (χ0n) is 80.8. The molecule has 4 aromatic rings. The number of phenols is 1. The topological polar surface area (TPSA) is 669 Å². The molecule has 3 heterocycles. The van der Waals surface area contributed by atoms with E-state index in [9.17, 15) is 77.3 Å². The van der Waals surface area contributed by atoms with Gasteiger partial charge in [0.25, 0.3) is 0 Å². The molecule has 0 aliphatic heterocycles.